The third-order valence-corrected chi connectivity index (χ3v) is 8.60. The lowest BCUT2D eigenvalue weighted by Gasteiger charge is -2.56. The molecule has 4 fully saturated rings. The van der Waals surface area contributed by atoms with Crippen LogP contribution in [0, 0.1) is 40.4 Å². The molecule has 0 radical (unpaired) electrons. The molecule has 0 aromatic heterocycles. The molecule has 1 heteroatoms. The van der Waals surface area contributed by atoms with Gasteiger partial charge in [0, 0.05) is 5.41 Å². The summed E-state index contributed by atoms with van der Waals surface area (Å²) in [7, 11) is 0. The Hall–Kier alpha value is -0.300. The van der Waals surface area contributed by atoms with E-state index in [-0.39, 0.29) is 16.9 Å². The van der Waals surface area contributed by atoms with Gasteiger partial charge in [-0.05, 0) is 73.5 Å². The Morgan fingerprint density at radius 3 is 2.57 bits per heavy atom. The molecule has 1 nitrogen and oxygen atoms in total. The van der Waals surface area contributed by atoms with Gasteiger partial charge in [0.05, 0.1) is 6.10 Å². The Morgan fingerprint density at radius 1 is 1.05 bits per heavy atom. The molecule has 0 heterocycles. The fourth-order valence-electron chi connectivity index (χ4n) is 7.24. The molecule has 1 N–H and O–H groups in total. The first-order valence-electron chi connectivity index (χ1n) is 9.27. The van der Waals surface area contributed by atoms with Gasteiger partial charge in [0.25, 0.3) is 0 Å². The van der Waals surface area contributed by atoms with E-state index in [0.717, 1.165) is 30.1 Å². The number of hydrogen-bond donors (Lipinski definition) is 1. The van der Waals surface area contributed by atoms with E-state index in [4.69, 9.17) is 6.58 Å². The van der Waals surface area contributed by atoms with Crippen molar-refractivity contribution < 1.29 is 5.11 Å². The molecule has 0 amide bonds. The molecule has 1 spiro atoms. The molecule has 2 bridgehead atoms. The van der Waals surface area contributed by atoms with E-state index in [1.165, 1.54) is 38.5 Å². The molecule has 1 unspecified atom stereocenters. The monoisotopic (exact) mass is 288 g/mol. The zero-order valence-electron chi connectivity index (χ0n) is 14.1. The van der Waals surface area contributed by atoms with E-state index in [1.54, 1.807) is 5.57 Å². The zero-order chi connectivity index (χ0) is 15.0. The van der Waals surface area contributed by atoms with Crippen molar-refractivity contribution in [2.24, 2.45) is 40.4 Å². The molecular weight excluding hydrogens is 256 g/mol. The molecule has 0 aromatic rings. The van der Waals surface area contributed by atoms with Crippen LogP contribution in [0.4, 0.5) is 0 Å². The van der Waals surface area contributed by atoms with Gasteiger partial charge < -0.3 is 5.11 Å². The van der Waals surface area contributed by atoms with Crippen molar-refractivity contribution in [1.82, 2.24) is 0 Å². The second-order valence-corrected chi connectivity index (χ2v) is 9.26. The van der Waals surface area contributed by atoms with Crippen LogP contribution in [0.1, 0.15) is 65.7 Å². The van der Waals surface area contributed by atoms with Crippen molar-refractivity contribution >= 4 is 0 Å². The van der Waals surface area contributed by atoms with Crippen LogP contribution in [0.2, 0.25) is 0 Å². The topological polar surface area (TPSA) is 20.2 Å². The predicted molar refractivity (Wildman–Crippen MR) is 86.8 cm³/mol. The first kappa shape index (κ1) is 14.3. The van der Waals surface area contributed by atoms with E-state index in [0.29, 0.717) is 5.92 Å². The van der Waals surface area contributed by atoms with Gasteiger partial charge in [0.15, 0.2) is 0 Å². The van der Waals surface area contributed by atoms with Crippen molar-refractivity contribution in [2.45, 2.75) is 71.8 Å². The van der Waals surface area contributed by atoms with Gasteiger partial charge >= 0.3 is 0 Å². The fourth-order valence-corrected chi connectivity index (χ4v) is 7.24. The third-order valence-electron chi connectivity index (χ3n) is 8.60. The minimum Gasteiger partial charge on any atom is -0.393 e. The Labute approximate surface area is 130 Å². The van der Waals surface area contributed by atoms with Crippen LogP contribution in [-0.4, -0.2) is 11.2 Å². The summed E-state index contributed by atoms with van der Waals surface area (Å²) in [6.45, 7) is 12.0. The molecule has 21 heavy (non-hydrogen) atoms. The van der Waals surface area contributed by atoms with Crippen LogP contribution in [0.15, 0.2) is 12.2 Å². The predicted octanol–water partition coefficient (Wildman–Crippen LogP) is 4.80. The summed E-state index contributed by atoms with van der Waals surface area (Å²) in [6, 6.07) is 0. The highest BCUT2D eigenvalue weighted by molar-refractivity contribution is 5.30. The second-order valence-electron chi connectivity index (χ2n) is 9.26. The van der Waals surface area contributed by atoms with Gasteiger partial charge in [-0.15, -0.1) is 0 Å². The van der Waals surface area contributed by atoms with Crippen molar-refractivity contribution in [3.05, 3.63) is 12.2 Å². The van der Waals surface area contributed by atoms with E-state index in [9.17, 15) is 5.11 Å². The van der Waals surface area contributed by atoms with E-state index >= 15 is 0 Å². The van der Waals surface area contributed by atoms with Gasteiger partial charge in [-0.2, -0.15) is 0 Å². The number of rotatable bonds is 0. The zero-order valence-corrected chi connectivity index (χ0v) is 14.1. The lowest BCUT2D eigenvalue weighted by Crippen LogP contribution is -2.53. The summed E-state index contributed by atoms with van der Waals surface area (Å²) in [5.74, 6) is 3.79. The number of aliphatic hydroxyl groups is 1. The largest absolute Gasteiger partial charge is 0.393 e. The molecule has 8 atom stereocenters. The minimum absolute atomic E-state index is 0.101. The van der Waals surface area contributed by atoms with Crippen LogP contribution in [0.25, 0.3) is 0 Å². The standard InChI is InChI=1S/C20H32O/c1-12-5-6-16-13(2)7-10-20(16)11-17(21)19(4)9-8-15(12)18(19)14(20)3/h12-13,15-18,21H,3,5-11H2,1-2,4H3/t12-,13+,15-,16+,17-,18?,19+,20-/m1/s1. The number of aliphatic hydroxyl groups excluding tert-OH is 1. The average Bonchev–Trinajstić information content (AvgIpc) is 2.94. The van der Waals surface area contributed by atoms with Crippen LogP contribution in [0.5, 0.6) is 0 Å². The summed E-state index contributed by atoms with van der Waals surface area (Å²) < 4.78 is 0. The summed E-state index contributed by atoms with van der Waals surface area (Å²) in [4.78, 5) is 0. The van der Waals surface area contributed by atoms with Gasteiger partial charge in [0.2, 0.25) is 0 Å². The number of allylic oxidation sites excluding steroid dienone is 1. The summed E-state index contributed by atoms with van der Waals surface area (Å²) in [5, 5.41) is 11.1. The van der Waals surface area contributed by atoms with Crippen molar-refractivity contribution in [2.75, 3.05) is 0 Å². The van der Waals surface area contributed by atoms with Crippen LogP contribution in [-0.2, 0) is 0 Å². The minimum atomic E-state index is -0.101. The van der Waals surface area contributed by atoms with E-state index in [1.807, 2.05) is 0 Å². The highest BCUT2D eigenvalue weighted by atomic mass is 16.3. The number of hydrogen-bond acceptors (Lipinski definition) is 1. The molecule has 4 rings (SSSR count). The first-order valence-corrected chi connectivity index (χ1v) is 9.27. The summed E-state index contributed by atoms with van der Waals surface area (Å²) >= 11 is 0. The molecule has 0 aliphatic heterocycles. The van der Waals surface area contributed by atoms with Crippen LogP contribution >= 0.6 is 0 Å². The molecular formula is C20H32O. The van der Waals surface area contributed by atoms with Gasteiger partial charge in [-0.1, -0.05) is 39.3 Å². The lowest BCUT2D eigenvalue weighted by atomic mass is 9.49. The van der Waals surface area contributed by atoms with Gasteiger partial charge in [-0.3, -0.25) is 0 Å². The van der Waals surface area contributed by atoms with Gasteiger partial charge in [-0.25, -0.2) is 0 Å². The smallest absolute Gasteiger partial charge is 0.0608 e. The molecule has 0 saturated heterocycles. The average molecular weight is 288 g/mol. The Balaban J connectivity index is 1.84. The summed E-state index contributed by atoms with van der Waals surface area (Å²) in [6.07, 6.45) is 8.84. The SMILES string of the molecule is C=C1C2[C@@H]3CC[C@@]2(C)[C@H](O)C[C@]12CC[C@H](C)[C@@H]2CC[C@H]3C. The lowest BCUT2D eigenvalue weighted by molar-refractivity contribution is -0.0758. The van der Waals surface area contributed by atoms with Crippen LogP contribution < -0.4 is 0 Å². The Bertz CT molecular complexity index is 468. The van der Waals surface area contributed by atoms with E-state index < -0.39 is 0 Å². The Morgan fingerprint density at radius 2 is 1.81 bits per heavy atom. The summed E-state index contributed by atoms with van der Waals surface area (Å²) in [5.41, 5.74) is 1.97. The quantitative estimate of drug-likeness (QED) is 0.635. The van der Waals surface area contributed by atoms with Crippen molar-refractivity contribution in [1.29, 1.82) is 0 Å². The molecule has 4 aliphatic carbocycles. The highest BCUT2D eigenvalue weighted by Crippen LogP contribution is 2.70. The maximum atomic E-state index is 11.1. The molecule has 118 valence electrons. The van der Waals surface area contributed by atoms with Crippen molar-refractivity contribution in [3.8, 4) is 0 Å². The molecule has 0 aromatic carbocycles. The highest BCUT2D eigenvalue weighted by Gasteiger charge is 2.63. The maximum absolute atomic E-state index is 11.1. The molecule has 4 saturated carbocycles. The normalized spacial score (nSPS) is 59.5. The molecule has 4 aliphatic rings. The maximum Gasteiger partial charge on any atom is 0.0608 e. The van der Waals surface area contributed by atoms with Gasteiger partial charge in [0.1, 0.15) is 0 Å². The van der Waals surface area contributed by atoms with E-state index in [2.05, 4.69) is 20.8 Å². The Kier molecular flexibility index (Phi) is 2.98. The third kappa shape index (κ3) is 1.62. The van der Waals surface area contributed by atoms with Crippen LogP contribution in [0.3, 0.4) is 0 Å². The second kappa shape index (κ2) is 4.37. The fraction of sp³-hybridized carbons (Fsp3) is 0.900. The van der Waals surface area contributed by atoms with Crippen molar-refractivity contribution in [3.63, 3.8) is 0 Å². The first-order chi connectivity index (χ1) is 9.90.